The first-order valence-electron chi connectivity index (χ1n) is 5.57. The van der Waals surface area contributed by atoms with Crippen LogP contribution >= 0.6 is 0 Å². The number of hydrogen-bond acceptors (Lipinski definition) is 3. The molecule has 0 aliphatic carbocycles. The average Bonchev–Trinajstić information content (AvgIpc) is 2.40. The number of ether oxygens (including phenoxy) is 2. The Morgan fingerprint density at radius 2 is 1.83 bits per heavy atom. The lowest BCUT2D eigenvalue weighted by Gasteiger charge is -2.03. The van der Waals surface area contributed by atoms with Crippen molar-refractivity contribution in [2.24, 2.45) is 0 Å². The zero-order valence-electron chi connectivity index (χ0n) is 10.1. The predicted molar refractivity (Wildman–Crippen MR) is 65.2 cm³/mol. The summed E-state index contributed by atoms with van der Waals surface area (Å²) in [6.07, 6.45) is 3.54. The molecule has 1 aromatic carbocycles. The fourth-order valence-electron chi connectivity index (χ4n) is 1.49. The standard InChI is InChI=1S/C14H14NO3/c1-17-14(16)11-15-9-5-8-13(10-15)18-12-6-3-2-4-7-12/h2-10H,11H2,1H3/q+1. The van der Waals surface area contributed by atoms with Gasteiger partial charge in [0.2, 0.25) is 12.7 Å². The first-order valence-corrected chi connectivity index (χ1v) is 5.57. The number of nitrogens with zero attached hydrogens (tertiary/aromatic N) is 1. The molecule has 0 atom stereocenters. The van der Waals surface area contributed by atoms with E-state index in [-0.39, 0.29) is 12.5 Å². The third-order valence-corrected chi connectivity index (χ3v) is 2.35. The van der Waals surface area contributed by atoms with Crippen LogP contribution in [0.2, 0.25) is 0 Å². The molecule has 2 aromatic rings. The summed E-state index contributed by atoms with van der Waals surface area (Å²) in [6.45, 7) is 0.169. The minimum absolute atomic E-state index is 0.169. The second-order valence-corrected chi connectivity index (χ2v) is 3.70. The van der Waals surface area contributed by atoms with E-state index in [0.717, 1.165) is 5.75 Å². The van der Waals surface area contributed by atoms with Gasteiger partial charge in [0, 0.05) is 6.07 Å². The van der Waals surface area contributed by atoms with Crippen LogP contribution in [0.1, 0.15) is 0 Å². The molecular formula is C14H14NO3+. The largest absolute Gasteiger partial charge is 0.464 e. The molecule has 0 aliphatic rings. The number of pyridine rings is 1. The van der Waals surface area contributed by atoms with Crippen molar-refractivity contribution in [1.82, 2.24) is 0 Å². The molecule has 0 N–H and O–H groups in total. The number of carbonyl (C=O) groups excluding carboxylic acids is 1. The Morgan fingerprint density at radius 3 is 2.56 bits per heavy atom. The third kappa shape index (κ3) is 3.31. The lowest BCUT2D eigenvalue weighted by molar-refractivity contribution is -0.686. The van der Waals surface area contributed by atoms with Crippen LogP contribution in [-0.4, -0.2) is 13.1 Å². The summed E-state index contributed by atoms with van der Waals surface area (Å²) in [5.41, 5.74) is 0. The van der Waals surface area contributed by atoms with Gasteiger partial charge in [-0.15, -0.1) is 0 Å². The highest BCUT2D eigenvalue weighted by molar-refractivity contribution is 5.67. The smallest absolute Gasteiger partial charge is 0.372 e. The Bertz CT molecular complexity index is 526. The van der Waals surface area contributed by atoms with E-state index < -0.39 is 0 Å². The van der Waals surface area contributed by atoms with Gasteiger partial charge in [-0.2, -0.15) is 4.57 Å². The average molecular weight is 244 g/mol. The summed E-state index contributed by atoms with van der Waals surface area (Å²) in [4.78, 5) is 11.2. The molecule has 0 saturated carbocycles. The first-order chi connectivity index (χ1) is 8.78. The fourth-order valence-corrected chi connectivity index (χ4v) is 1.49. The SMILES string of the molecule is COC(=O)C[n+]1cccc(Oc2ccccc2)c1. The van der Waals surface area contributed by atoms with Gasteiger partial charge in [0.25, 0.3) is 0 Å². The highest BCUT2D eigenvalue weighted by atomic mass is 16.5. The lowest BCUT2D eigenvalue weighted by atomic mass is 10.3. The van der Waals surface area contributed by atoms with Crippen LogP contribution in [0.4, 0.5) is 0 Å². The quantitative estimate of drug-likeness (QED) is 0.609. The van der Waals surface area contributed by atoms with Gasteiger partial charge in [0.1, 0.15) is 5.75 Å². The summed E-state index contributed by atoms with van der Waals surface area (Å²) in [5, 5.41) is 0. The predicted octanol–water partition coefficient (Wildman–Crippen LogP) is 1.94. The van der Waals surface area contributed by atoms with Gasteiger partial charge in [0.05, 0.1) is 7.11 Å². The molecule has 0 unspecified atom stereocenters. The normalized spacial score (nSPS) is 9.83. The summed E-state index contributed by atoms with van der Waals surface area (Å²) < 4.78 is 12.0. The van der Waals surface area contributed by atoms with Crippen LogP contribution < -0.4 is 9.30 Å². The van der Waals surface area contributed by atoms with Crippen molar-refractivity contribution in [3.63, 3.8) is 0 Å². The number of carbonyl (C=O) groups is 1. The van der Waals surface area contributed by atoms with Gasteiger partial charge in [0.15, 0.2) is 11.9 Å². The van der Waals surface area contributed by atoms with Gasteiger partial charge >= 0.3 is 5.97 Å². The van der Waals surface area contributed by atoms with Crippen molar-refractivity contribution in [3.8, 4) is 11.5 Å². The summed E-state index contributed by atoms with van der Waals surface area (Å²) in [6, 6.07) is 13.1. The molecule has 18 heavy (non-hydrogen) atoms. The molecule has 2 rings (SSSR count). The molecule has 0 fully saturated rings. The van der Waals surface area contributed by atoms with Crippen molar-refractivity contribution in [2.45, 2.75) is 6.54 Å². The number of benzene rings is 1. The van der Waals surface area contributed by atoms with Crippen LogP contribution in [-0.2, 0) is 16.1 Å². The minimum atomic E-state index is -0.295. The fraction of sp³-hybridized carbons (Fsp3) is 0.143. The zero-order chi connectivity index (χ0) is 12.8. The Morgan fingerprint density at radius 1 is 1.11 bits per heavy atom. The second kappa shape index (κ2) is 5.82. The lowest BCUT2D eigenvalue weighted by Crippen LogP contribution is -2.37. The molecule has 0 amide bonds. The van der Waals surface area contributed by atoms with Crippen molar-refractivity contribution < 1.29 is 18.8 Å². The highest BCUT2D eigenvalue weighted by Gasteiger charge is 2.10. The van der Waals surface area contributed by atoms with E-state index in [1.807, 2.05) is 42.5 Å². The zero-order valence-corrected chi connectivity index (χ0v) is 10.1. The molecule has 0 bridgehead atoms. The van der Waals surface area contributed by atoms with Gasteiger partial charge in [-0.25, -0.2) is 4.79 Å². The van der Waals surface area contributed by atoms with Gasteiger partial charge in [-0.3, -0.25) is 0 Å². The van der Waals surface area contributed by atoms with E-state index in [4.69, 9.17) is 4.74 Å². The molecule has 0 radical (unpaired) electrons. The number of hydrogen-bond donors (Lipinski definition) is 0. The number of aromatic nitrogens is 1. The summed E-state index contributed by atoms with van der Waals surface area (Å²) in [5.74, 6) is 1.14. The maximum absolute atomic E-state index is 11.2. The monoisotopic (exact) mass is 244 g/mol. The van der Waals surface area contributed by atoms with Crippen molar-refractivity contribution >= 4 is 5.97 Å². The molecule has 4 heteroatoms. The number of rotatable bonds is 4. The Labute approximate surface area is 105 Å². The van der Waals surface area contributed by atoms with Gasteiger partial charge in [-0.1, -0.05) is 18.2 Å². The Kier molecular flexibility index (Phi) is 3.91. The molecule has 1 heterocycles. The highest BCUT2D eigenvalue weighted by Crippen LogP contribution is 2.18. The van der Waals surface area contributed by atoms with Crippen LogP contribution in [0.5, 0.6) is 11.5 Å². The molecular weight excluding hydrogens is 230 g/mol. The number of esters is 1. The molecule has 1 aromatic heterocycles. The van der Waals surface area contributed by atoms with E-state index >= 15 is 0 Å². The Balaban J connectivity index is 2.10. The van der Waals surface area contributed by atoms with Crippen LogP contribution in [0.15, 0.2) is 54.9 Å². The van der Waals surface area contributed by atoms with E-state index in [1.54, 1.807) is 17.0 Å². The van der Waals surface area contributed by atoms with Crippen molar-refractivity contribution in [3.05, 3.63) is 54.9 Å². The maximum atomic E-state index is 11.2. The molecule has 92 valence electrons. The molecule has 4 nitrogen and oxygen atoms in total. The third-order valence-electron chi connectivity index (χ3n) is 2.35. The number of methoxy groups -OCH3 is 1. The minimum Gasteiger partial charge on any atom is -0.464 e. The number of para-hydroxylation sites is 1. The van der Waals surface area contributed by atoms with Crippen molar-refractivity contribution in [2.75, 3.05) is 7.11 Å². The summed E-state index contributed by atoms with van der Waals surface area (Å²) >= 11 is 0. The van der Waals surface area contributed by atoms with Crippen LogP contribution in [0.3, 0.4) is 0 Å². The molecule has 0 spiro atoms. The molecule has 0 aliphatic heterocycles. The van der Waals surface area contributed by atoms with Crippen LogP contribution in [0.25, 0.3) is 0 Å². The van der Waals surface area contributed by atoms with E-state index in [9.17, 15) is 4.79 Å². The van der Waals surface area contributed by atoms with Gasteiger partial charge in [-0.05, 0) is 18.2 Å². The van der Waals surface area contributed by atoms with E-state index in [0.29, 0.717) is 5.75 Å². The van der Waals surface area contributed by atoms with E-state index in [1.165, 1.54) is 7.11 Å². The first kappa shape index (κ1) is 12.1. The molecule has 0 saturated heterocycles. The van der Waals surface area contributed by atoms with E-state index in [2.05, 4.69) is 4.74 Å². The van der Waals surface area contributed by atoms with Gasteiger partial charge < -0.3 is 9.47 Å². The Hall–Kier alpha value is -2.36. The van der Waals surface area contributed by atoms with Crippen molar-refractivity contribution in [1.29, 1.82) is 0 Å². The maximum Gasteiger partial charge on any atom is 0.372 e. The van der Waals surface area contributed by atoms with Crippen LogP contribution in [0, 0.1) is 0 Å². The topological polar surface area (TPSA) is 39.4 Å². The second-order valence-electron chi connectivity index (χ2n) is 3.70. The summed E-state index contributed by atoms with van der Waals surface area (Å²) in [7, 11) is 1.37.